The highest BCUT2D eigenvalue weighted by Gasteiger charge is 2.09. The van der Waals surface area contributed by atoms with E-state index in [4.69, 9.17) is 10.00 Å². The maximum Gasteiger partial charge on any atom is 0.176 e. The third kappa shape index (κ3) is 3.19. The molecule has 96 valence electrons. The molecule has 0 aliphatic rings. The van der Waals surface area contributed by atoms with Crippen LogP contribution in [-0.2, 0) is 11.3 Å². The second-order valence-electron chi connectivity index (χ2n) is 3.83. The van der Waals surface area contributed by atoms with E-state index >= 15 is 0 Å². The third-order valence-corrected chi connectivity index (χ3v) is 2.52. The smallest absolute Gasteiger partial charge is 0.176 e. The summed E-state index contributed by atoms with van der Waals surface area (Å²) in [6.07, 6.45) is 2.86. The van der Waals surface area contributed by atoms with E-state index in [1.165, 1.54) is 12.6 Å². The summed E-state index contributed by atoms with van der Waals surface area (Å²) in [6.45, 7) is 2.98. The van der Waals surface area contributed by atoms with E-state index in [1.54, 1.807) is 4.68 Å². The largest absolute Gasteiger partial charge is 0.483 e. The fraction of sp³-hybridized carbons (Fsp3) is 0.214. The molecular formula is C14H14N4O. The first kappa shape index (κ1) is 12.8. The van der Waals surface area contributed by atoms with Crippen LogP contribution in [0.4, 0.5) is 5.82 Å². The lowest BCUT2D eigenvalue weighted by Gasteiger charge is -2.04. The van der Waals surface area contributed by atoms with Gasteiger partial charge in [0.15, 0.2) is 12.2 Å². The number of hydrogen-bond acceptors (Lipinski definition) is 4. The van der Waals surface area contributed by atoms with Crippen LogP contribution in [0, 0.1) is 11.3 Å². The molecule has 1 aromatic heterocycles. The average molecular weight is 254 g/mol. The van der Waals surface area contributed by atoms with Gasteiger partial charge in [-0.25, -0.2) is 4.68 Å². The van der Waals surface area contributed by atoms with Gasteiger partial charge in [0.25, 0.3) is 0 Å². The van der Waals surface area contributed by atoms with Crippen LogP contribution in [0.2, 0.25) is 0 Å². The second-order valence-corrected chi connectivity index (χ2v) is 3.83. The molecule has 0 atom stereocenters. The molecule has 5 nitrogen and oxygen atoms in total. The van der Waals surface area contributed by atoms with Gasteiger partial charge in [0.2, 0.25) is 0 Å². The van der Waals surface area contributed by atoms with Gasteiger partial charge in [-0.15, -0.1) is 0 Å². The van der Waals surface area contributed by atoms with E-state index in [0.717, 1.165) is 5.56 Å². The van der Waals surface area contributed by atoms with E-state index in [0.29, 0.717) is 24.5 Å². The molecule has 0 aliphatic heterocycles. The fourth-order valence-corrected chi connectivity index (χ4v) is 1.63. The van der Waals surface area contributed by atoms with Crippen LogP contribution in [0.1, 0.15) is 18.1 Å². The fourth-order valence-electron chi connectivity index (χ4n) is 1.63. The van der Waals surface area contributed by atoms with Gasteiger partial charge >= 0.3 is 0 Å². The average Bonchev–Trinajstić information content (AvgIpc) is 2.83. The van der Waals surface area contributed by atoms with Gasteiger partial charge in [0.1, 0.15) is 11.6 Å². The molecule has 19 heavy (non-hydrogen) atoms. The van der Waals surface area contributed by atoms with Gasteiger partial charge in [-0.1, -0.05) is 30.3 Å². The summed E-state index contributed by atoms with van der Waals surface area (Å²) in [5, 5.41) is 13.2. The molecular weight excluding hydrogens is 240 g/mol. The van der Waals surface area contributed by atoms with Crippen LogP contribution < -0.4 is 0 Å². The van der Waals surface area contributed by atoms with E-state index in [9.17, 15) is 0 Å². The Morgan fingerprint density at radius 1 is 1.42 bits per heavy atom. The first-order valence-corrected chi connectivity index (χ1v) is 5.99. The van der Waals surface area contributed by atoms with Gasteiger partial charge < -0.3 is 4.74 Å². The summed E-state index contributed by atoms with van der Waals surface area (Å²) in [7, 11) is 0. The highest BCUT2D eigenvalue weighted by Crippen LogP contribution is 2.19. The molecule has 0 saturated carbocycles. The zero-order valence-electron chi connectivity index (χ0n) is 10.7. The van der Waals surface area contributed by atoms with E-state index in [1.807, 2.05) is 37.3 Å². The minimum absolute atomic E-state index is 0.437. The van der Waals surface area contributed by atoms with E-state index < -0.39 is 0 Å². The van der Waals surface area contributed by atoms with Gasteiger partial charge in [0.05, 0.1) is 19.3 Å². The molecule has 5 heteroatoms. The molecule has 2 aromatic rings. The lowest BCUT2D eigenvalue weighted by atomic mass is 10.2. The standard InChI is InChI=1S/C14H14N4O/c1-2-19-11-16-14-13(8-15)9-17-18(14)10-12-6-4-3-5-7-12/h3-7,9,11H,2,10H2,1H3/b16-11+. The lowest BCUT2D eigenvalue weighted by Crippen LogP contribution is -2.01. The molecule has 0 radical (unpaired) electrons. The van der Waals surface area contributed by atoms with E-state index in [-0.39, 0.29) is 0 Å². The molecule has 0 N–H and O–H groups in total. The Hall–Kier alpha value is -2.61. The summed E-state index contributed by atoms with van der Waals surface area (Å²) >= 11 is 0. The summed E-state index contributed by atoms with van der Waals surface area (Å²) in [5.74, 6) is 0.514. The van der Waals surface area contributed by atoms with E-state index in [2.05, 4.69) is 16.2 Å². The Morgan fingerprint density at radius 2 is 2.21 bits per heavy atom. The Balaban J connectivity index is 2.26. The molecule has 2 rings (SSSR count). The van der Waals surface area contributed by atoms with Gasteiger partial charge in [-0.05, 0) is 12.5 Å². The topological polar surface area (TPSA) is 63.2 Å². The predicted octanol–water partition coefficient (Wildman–Crippen LogP) is 2.50. The predicted molar refractivity (Wildman–Crippen MR) is 72.3 cm³/mol. The number of hydrogen-bond donors (Lipinski definition) is 0. The monoisotopic (exact) mass is 254 g/mol. The third-order valence-electron chi connectivity index (χ3n) is 2.52. The first-order valence-electron chi connectivity index (χ1n) is 5.99. The van der Waals surface area contributed by atoms with Crippen molar-refractivity contribution in [2.24, 2.45) is 4.99 Å². The Labute approximate surface area is 111 Å². The normalized spacial score (nSPS) is 10.5. The molecule has 0 bridgehead atoms. The Morgan fingerprint density at radius 3 is 2.89 bits per heavy atom. The molecule has 0 saturated heterocycles. The summed E-state index contributed by atoms with van der Waals surface area (Å²) in [5.41, 5.74) is 1.54. The molecule has 0 unspecified atom stereocenters. The lowest BCUT2D eigenvalue weighted by molar-refractivity contribution is 0.343. The zero-order chi connectivity index (χ0) is 13.5. The maximum atomic E-state index is 9.04. The van der Waals surface area contributed by atoms with Crippen LogP contribution in [0.3, 0.4) is 0 Å². The molecule has 0 fully saturated rings. The van der Waals surface area contributed by atoms with Crippen LogP contribution in [0.15, 0.2) is 41.5 Å². The minimum Gasteiger partial charge on any atom is -0.483 e. The number of ether oxygens (including phenoxy) is 1. The van der Waals surface area contributed by atoms with Crippen molar-refractivity contribution >= 4 is 12.2 Å². The molecule has 0 spiro atoms. The summed E-state index contributed by atoms with van der Waals surface area (Å²) in [6, 6.07) is 12.0. The van der Waals surface area contributed by atoms with Crippen molar-refractivity contribution in [1.82, 2.24) is 9.78 Å². The van der Waals surface area contributed by atoms with Crippen molar-refractivity contribution in [3.8, 4) is 6.07 Å². The number of rotatable bonds is 5. The molecule has 0 amide bonds. The quantitative estimate of drug-likeness (QED) is 0.608. The van der Waals surface area contributed by atoms with Crippen LogP contribution in [0.25, 0.3) is 0 Å². The number of nitriles is 1. The Bertz CT molecular complexity index is 596. The van der Waals surface area contributed by atoms with Crippen molar-refractivity contribution in [2.45, 2.75) is 13.5 Å². The highest BCUT2D eigenvalue weighted by atomic mass is 16.5. The van der Waals surface area contributed by atoms with Crippen LogP contribution in [-0.4, -0.2) is 22.8 Å². The number of benzene rings is 1. The SMILES string of the molecule is CCO/C=N/c1c(C#N)cnn1Cc1ccccc1. The van der Waals surface area contributed by atoms with Crippen molar-refractivity contribution < 1.29 is 4.74 Å². The summed E-state index contributed by atoms with van der Waals surface area (Å²) in [4.78, 5) is 4.15. The van der Waals surface area contributed by atoms with Gasteiger partial charge in [-0.3, -0.25) is 0 Å². The number of aliphatic imine (C=N–C) groups is 1. The second kappa shape index (κ2) is 6.36. The van der Waals surface area contributed by atoms with Crippen molar-refractivity contribution in [3.05, 3.63) is 47.7 Å². The summed E-state index contributed by atoms with van der Waals surface area (Å²) < 4.78 is 6.75. The number of nitrogens with zero attached hydrogens (tertiary/aromatic N) is 4. The van der Waals surface area contributed by atoms with Gasteiger partial charge in [0, 0.05) is 0 Å². The van der Waals surface area contributed by atoms with Gasteiger partial charge in [-0.2, -0.15) is 15.4 Å². The number of aromatic nitrogens is 2. The van der Waals surface area contributed by atoms with Crippen molar-refractivity contribution in [2.75, 3.05) is 6.61 Å². The van der Waals surface area contributed by atoms with Crippen molar-refractivity contribution in [1.29, 1.82) is 5.26 Å². The molecule has 1 aromatic carbocycles. The van der Waals surface area contributed by atoms with Crippen LogP contribution in [0.5, 0.6) is 0 Å². The maximum absolute atomic E-state index is 9.04. The molecule has 0 aliphatic carbocycles. The van der Waals surface area contributed by atoms with Crippen molar-refractivity contribution in [3.63, 3.8) is 0 Å². The van der Waals surface area contributed by atoms with Crippen LogP contribution >= 0.6 is 0 Å². The Kier molecular flexibility index (Phi) is 4.29. The highest BCUT2D eigenvalue weighted by molar-refractivity contribution is 5.58. The molecule has 1 heterocycles. The first-order chi connectivity index (χ1) is 9.35. The zero-order valence-corrected chi connectivity index (χ0v) is 10.7. The minimum atomic E-state index is 0.437.